The molecule has 0 radical (unpaired) electrons. The highest BCUT2D eigenvalue weighted by molar-refractivity contribution is 9.09. The molecular formula is C12H15BrFNO2. The SMILES string of the molecule is COCCN(CCBr)C(=O)c1cccc(F)c1. The van der Waals surface area contributed by atoms with E-state index in [1.807, 2.05) is 0 Å². The van der Waals surface area contributed by atoms with Crippen molar-refractivity contribution in [2.45, 2.75) is 0 Å². The minimum Gasteiger partial charge on any atom is -0.383 e. The number of hydrogen-bond donors (Lipinski definition) is 0. The molecule has 17 heavy (non-hydrogen) atoms. The van der Waals surface area contributed by atoms with Crippen molar-refractivity contribution in [3.05, 3.63) is 35.6 Å². The maximum absolute atomic E-state index is 13.0. The Bertz CT molecular complexity index is 373. The van der Waals surface area contributed by atoms with Crippen LogP contribution in [0.4, 0.5) is 4.39 Å². The van der Waals surface area contributed by atoms with Gasteiger partial charge in [-0.2, -0.15) is 0 Å². The van der Waals surface area contributed by atoms with E-state index >= 15 is 0 Å². The normalized spacial score (nSPS) is 10.3. The van der Waals surface area contributed by atoms with Crippen LogP contribution in [0.25, 0.3) is 0 Å². The first-order chi connectivity index (χ1) is 8.19. The van der Waals surface area contributed by atoms with Crippen LogP contribution in [0.3, 0.4) is 0 Å². The van der Waals surface area contributed by atoms with E-state index in [1.54, 1.807) is 18.1 Å². The number of hydrogen-bond acceptors (Lipinski definition) is 2. The molecule has 0 aliphatic carbocycles. The van der Waals surface area contributed by atoms with Crippen LogP contribution in [-0.4, -0.2) is 42.9 Å². The number of rotatable bonds is 6. The van der Waals surface area contributed by atoms with E-state index in [4.69, 9.17) is 4.74 Å². The van der Waals surface area contributed by atoms with Crippen LogP contribution in [0.1, 0.15) is 10.4 Å². The Morgan fingerprint density at radius 1 is 1.47 bits per heavy atom. The van der Waals surface area contributed by atoms with Gasteiger partial charge in [-0.1, -0.05) is 22.0 Å². The van der Waals surface area contributed by atoms with Crippen molar-refractivity contribution in [1.29, 1.82) is 0 Å². The molecule has 1 aromatic rings. The first-order valence-electron chi connectivity index (χ1n) is 5.28. The van der Waals surface area contributed by atoms with E-state index in [2.05, 4.69) is 15.9 Å². The molecule has 0 fully saturated rings. The van der Waals surface area contributed by atoms with Crippen LogP contribution in [-0.2, 0) is 4.74 Å². The van der Waals surface area contributed by atoms with E-state index in [0.717, 1.165) is 0 Å². The van der Waals surface area contributed by atoms with Gasteiger partial charge in [0.15, 0.2) is 0 Å². The predicted octanol–water partition coefficient (Wildman–Crippen LogP) is 2.31. The molecule has 0 aromatic heterocycles. The van der Waals surface area contributed by atoms with Crippen LogP contribution in [0.15, 0.2) is 24.3 Å². The molecule has 3 nitrogen and oxygen atoms in total. The smallest absolute Gasteiger partial charge is 0.254 e. The lowest BCUT2D eigenvalue weighted by Crippen LogP contribution is -2.35. The standard InChI is InChI=1S/C12H15BrFNO2/c1-17-8-7-15(6-5-13)12(16)10-3-2-4-11(14)9-10/h2-4,9H,5-8H2,1H3. The number of ether oxygens (including phenoxy) is 1. The molecule has 0 spiro atoms. The van der Waals surface area contributed by atoms with Gasteiger partial charge in [0.05, 0.1) is 6.61 Å². The van der Waals surface area contributed by atoms with Crippen LogP contribution in [0, 0.1) is 5.82 Å². The molecule has 1 aromatic carbocycles. The van der Waals surface area contributed by atoms with Gasteiger partial charge in [-0.05, 0) is 18.2 Å². The van der Waals surface area contributed by atoms with Gasteiger partial charge in [0, 0.05) is 31.1 Å². The number of methoxy groups -OCH3 is 1. The van der Waals surface area contributed by atoms with Gasteiger partial charge >= 0.3 is 0 Å². The van der Waals surface area contributed by atoms with Gasteiger partial charge in [-0.3, -0.25) is 4.79 Å². The summed E-state index contributed by atoms with van der Waals surface area (Å²) in [6.45, 7) is 1.53. The molecule has 94 valence electrons. The van der Waals surface area contributed by atoms with E-state index in [1.165, 1.54) is 18.2 Å². The lowest BCUT2D eigenvalue weighted by molar-refractivity contribution is 0.0708. The third kappa shape index (κ3) is 4.44. The summed E-state index contributed by atoms with van der Waals surface area (Å²) >= 11 is 3.29. The zero-order chi connectivity index (χ0) is 12.7. The summed E-state index contributed by atoms with van der Waals surface area (Å²) in [5, 5.41) is 0.678. The molecule has 0 aliphatic rings. The number of alkyl halides is 1. The van der Waals surface area contributed by atoms with Crippen molar-refractivity contribution >= 4 is 21.8 Å². The van der Waals surface area contributed by atoms with Gasteiger partial charge in [0.25, 0.3) is 5.91 Å². The first-order valence-corrected chi connectivity index (χ1v) is 6.41. The van der Waals surface area contributed by atoms with Gasteiger partial charge in [-0.25, -0.2) is 4.39 Å². The zero-order valence-corrected chi connectivity index (χ0v) is 11.2. The summed E-state index contributed by atoms with van der Waals surface area (Å²) in [5.74, 6) is -0.581. The van der Waals surface area contributed by atoms with Crippen molar-refractivity contribution in [1.82, 2.24) is 4.90 Å². The minimum absolute atomic E-state index is 0.180. The number of halogens is 2. The third-order valence-corrected chi connectivity index (χ3v) is 2.63. The highest BCUT2D eigenvalue weighted by atomic mass is 79.9. The van der Waals surface area contributed by atoms with Gasteiger partial charge < -0.3 is 9.64 Å². The maximum atomic E-state index is 13.0. The Balaban J connectivity index is 2.76. The first kappa shape index (κ1) is 14.1. The quantitative estimate of drug-likeness (QED) is 0.755. The Morgan fingerprint density at radius 2 is 2.24 bits per heavy atom. The van der Waals surface area contributed by atoms with E-state index in [-0.39, 0.29) is 5.91 Å². The second kappa shape index (κ2) is 7.40. The van der Waals surface area contributed by atoms with E-state index in [0.29, 0.717) is 30.6 Å². The fourth-order valence-corrected chi connectivity index (χ4v) is 1.85. The molecule has 0 saturated carbocycles. The fourth-order valence-electron chi connectivity index (χ4n) is 1.42. The van der Waals surface area contributed by atoms with Crippen LogP contribution in [0.5, 0.6) is 0 Å². The highest BCUT2D eigenvalue weighted by Gasteiger charge is 2.15. The van der Waals surface area contributed by atoms with Crippen LogP contribution >= 0.6 is 15.9 Å². The number of nitrogens with zero attached hydrogens (tertiary/aromatic N) is 1. The lowest BCUT2D eigenvalue weighted by atomic mass is 10.2. The fraction of sp³-hybridized carbons (Fsp3) is 0.417. The summed E-state index contributed by atoms with van der Waals surface area (Å²) in [4.78, 5) is 13.7. The maximum Gasteiger partial charge on any atom is 0.254 e. The lowest BCUT2D eigenvalue weighted by Gasteiger charge is -2.21. The van der Waals surface area contributed by atoms with Crippen molar-refractivity contribution in [2.24, 2.45) is 0 Å². The molecule has 0 unspecified atom stereocenters. The number of amides is 1. The van der Waals surface area contributed by atoms with Crippen LogP contribution in [0.2, 0.25) is 0 Å². The van der Waals surface area contributed by atoms with Crippen molar-refractivity contribution in [2.75, 3.05) is 32.1 Å². The molecule has 0 aliphatic heterocycles. The Labute approximate surface area is 109 Å². The average molecular weight is 304 g/mol. The Kier molecular flexibility index (Phi) is 6.15. The minimum atomic E-state index is -0.401. The molecule has 0 N–H and O–H groups in total. The molecule has 0 heterocycles. The van der Waals surface area contributed by atoms with Crippen molar-refractivity contribution in [3.8, 4) is 0 Å². The second-order valence-corrected chi connectivity index (χ2v) is 4.28. The summed E-state index contributed by atoms with van der Waals surface area (Å²) < 4.78 is 18.0. The van der Waals surface area contributed by atoms with E-state index in [9.17, 15) is 9.18 Å². The number of benzene rings is 1. The molecule has 5 heteroatoms. The van der Waals surface area contributed by atoms with Crippen LogP contribution < -0.4 is 0 Å². The summed E-state index contributed by atoms with van der Waals surface area (Å²) in [6.07, 6.45) is 0. The predicted molar refractivity (Wildman–Crippen MR) is 68.0 cm³/mol. The average Bonchev–Trinajstić information content (AvgIpc) is 2.33. The Hall–Kier alpha value is -0.940. The third-order valence-electron chi connectivity index (χ3n) is 2.28. The number of carbonyl (C=O) groups excluding carboxylic acids is 1. The zero-order valence-electron chi connectivity index (χ0n) is 9.66. The molecule has 1 rings (SSSR count). The monoisotopic (exact) mass is 303 g/mol. The topological polar surface area (TPSA) is 29.5 Å². The van der Waals surface area contributed by atoms with Gasteiger partial charge in [-0.15, -0.1) is 0 Å². The van der Waals surface area contributed by atoms with E-state index < -0.39 is 5.82 Å². The second-order valence-electron chi connectivity index (χ2n) is 3.48. The largest absolute Gasteiger partial charge is 0.383 e. The number of carbonyl (C=O) groups is 1. The molecule has 0 saturated heterocycles. The molecule has 0 bridgehead atoms. The molecule has 0 atom stereocenters. The van der Waals surface area contributed by atoms with Gasteiger partial charge in [0.2, 0.25) is 0 Å². The summed E-state index contributed by atoms with van der Waals surface area (Å²) in [6, 6.07) is 5.71. The van der Waals surface area contributed by atoms with Crippen molar-refractivity contribution < 1.29 is 13.9 Å². The van der Waals surface area contributed by atoms with Crippen molar-refractivity contribution in [3.63, 3.8) is 0 Å². The Morgan fingerprint density at radius 3 is 2.82 bits per heavy atom. The molecule has 1 amide bonds. The highest BCUT2D eigenvalue weighted by Crippen LogP contribution is 2.08. The summed E-state index contributed by atoms with van der Waals surface area (Å²) in [5.41, 5.74) is 0.363. The molecular weight excluding hydrogens is 289 g/mol. The van der Waals surface area contributed by atoms with Gasteiger partial charge in [0.1, 0.15) is 5.82 Å². The summed E-state index contributed by atoms with van der Waals surface area (Å²) in [7, 11) is 1.58.